The molecule has 0 bridgehead atoms. The van der Waals surface area contributed by atoms with Crippen molar-refractivity contribution in [3.63, 3.8) is 0 Å². The van der Waals surface area contributed by atoms with Crippen LogP contribution in [0.2, 0.25) is 0 Å². The Morgan fingerprint density at radius 2 is 1.94 bits per heavy atom. The highest BCUT2D eigenvalue weighted by molar-refractivity contribution is 5.75. The molecule has 3 aromatic heterocycles. The molecule has 1 N–H and O–H groups in total. The SMILES string of the molecule is Cc1ccc(-c2cnn(C)c2)cc1Nc1ncc2c(n1)n(C1CCOCC1)c(=O)n2C. The molecule has 0 radical (unpaired) electrons. The van der Waals surface area contributed by atoms with Crippen LogP contribution in [0.15, 0.2) is 41.6 Å². The van der Waals surface area contributed by atoms with Crippen LogP contribution in [0.5, 0.6) is 0 Å². The van der Waals surface area contributed by atoms with Gasteiger partial charge in [-0.25, -0.2) is 9.78 Å². The normalized spacial score (nSPS) is 14.9. The van der Waals surface area contributed by atoms with E-state index in [1.54, 1.807) is 27.1 Å². The fourth-order valence-electron chi connectivity index (χ4n) is 4.10. The highest BCUT2D eigenvalue weighted by atomic mass is 16.5. The lowest BCUT2D eigenvalue weighted by Crippen LogP contribution is -2.30. The molecule has 1 aliphatic heterocycles. The Hall–Kier alpha value is -3.46. The highest BCUT2D eigenvalue weighted by Crippen LogP contribution is 2.28. The number of hydrogen-bond donors (Lipinski definition) is 1. The minimum absolute atomic E-state index is 0.0666. The molecule has 0 amide bonds. The van der Waals surface area contributed by atoms with Crippen LogP contribution in [0, 0.1) is 6.92 Å². The molecule has 1 fully saturated rings. The second-order valence-corrected chi connectivity index (χ2v) is 8.01. The number of anilines is 2. The maximum atomic E-state index is 12.9. The lowest BCUT2D eigenvalue weighted by atomic mass is 10.1. The molecule has 0 saturated carbocycles. The quantitative estimate of drug-likeness (QED) is 0.547. The van der Waals surface area contributed by atoms with Crippen LogP contribution in [0.25, 0.3) is 22.3 Å². The average molecular weight is 419 g/mol. The maximum absolute atomic E-state index is 12.9. The van der Waals surface area contributed by atoms with Gasteiger partial charge in [0.2, 0.25) is 5.95 Å². The second-order valence-electron chi connectivity index (χ2n) is 8.01. The van der Waals surface area contributed by atoms with Gasteiger partial charge in [0.25, 0.3) is 0 Å². The van der Waals surface area contributed by atoms with Gasteiger partial charge in [-0.05, 0) is 37.0 Å². The van der Waals surface area contributed by atoms with Crippen LogP contribution >= 0.6 is 0 Å². The van der Waals surface area contributed by atoms with E-state index in [2.05, 4.69) is 33.6 Å². The molecule has 1 saturated heterocycles. The monoisotopic (exact) mass is 419 g/mol. The molecule has 1 aliphatic rings. The summed E-state index contributed by atoms with van der Waals surface area (Å²) in [5, 5.41) is 7.60. The molecule has 31 heavy (non-hydrogen) atoms. The molecule has 0 unspecified atom stereocenters. The molecule has 9 nitrogen and oxygen atoms in total. The van der Waals surface area contributed by atoms with Gasteiger partial charge in [0.1, 0.15) is 5.52 Å². The Morgan fingerprint density at radius 1 is 1.13 bits per heavy atom. The Labute approximate surface area is 179 Å². The van der Waals surface area contributed by atoms with Crippen molar-refractivity contribution in [2.24, 2.45) is 14.1 Å². The first-order valence-electron chi connectivity index (χ1n) is 10.4. The molecule has 4 aromatic rings. The van der Waals surface area contributed by atoms with Crippen LogP contribution in [0.3, 0.4) is 0 Å². The molecule has 9 heteroatoms. The number of hydrogen-bond acceptors (Lipinski definition) is 6. The Bertz CT molecular complexity index is 1310. The van der Waals surface area contributed by atoms with Crippen molar-refractivity contribution in [3.05, 3.63) is 52.8 Å². The summed E-state index contributed by atoms with van der Waals surface area (Å²) >= 11 is 0. The third kappa shape index (κ3) is 3.50. The molecule has 160 valence electrons. The Balaban J connectivity index is 1.53. The smallest absolute Gasteiger partial charge is 0.330 e. The summed E-state index contributed by atoms with van der Waals surface area (Å²) in [4.78, 5) is 22.1. The first-order valence-corrected chi connectivity index (χ1v) is 10.4. The number of benzene rings is 1. The number of rotatable bonds is 4. The molecule has 4 heterocycles. The number of ether oxygens (including phenoxy) is 1. The van der Waals surface area contributed by atoms with Crippen molar-refractivity contribution < 1.29 is 4.74 Å². The first-order chi connectivity index (χ1) is 15.0. The summed E-state index contributed by atoms with van der Waals surface area (Å²) in [6.45, 7) is 3.35. The Morgan fingerprint density at radius 3 is 2.68 bits per heavy atom. The molecule has 5 rings (SSSR count). The van der Waals surface area contributed by atoms with E-state index in [-0.39, 0.29) is 11.7 Å². The van der Waals surface area contributed by atoms with Gasteiger partial charge in [-0.2, -0.15) is 10.1 Å². The van der Waals surface area contributed by atoms with E-state index in [1.807, 2.05) is 26.4 Å². The van der Waals surface area contributed by atoms with Crippen molar-refractivity contribution in [3.8, 4) is 11.1 Å². The number of aryl methyl sites for hydroxylation is 3. The maximum Gasteiger partial charge on any atom is 0.330 e. The minimum atomic E-state index is -0.0666. The van der Waals surface area contributed by atoms with Gasteiger partial charge in [-0.1, -0.05) is 12.1 Å². The fourth-order valence-corrected chi connectivity index (χ4v) is 4.10. The zero-order valence-corrected chi connectivity index (χ0v) is 17.9. The van der Waals surface area contributed by atoms with E-state index in [0.717, 1.165) is 40.7 Å². The van der Waals surface area contributed by atoms with Crippen molar-refractivity contribution in [2.75, 3.05) is 18.5 Å². The van der Waals surface area contributed by atoms with E-state index in [9.17, 15) is 4.79 Å². The van der Waals surface area contributed by atoms with Gasteiger partial charge in [-0.3, -0.25) is 13.8 Å². The molecular formula is C22H25N7O2. The zero-order chi connectivity index (χ0) is 21.5. The van der Waals surface area contributed by atoms with E-state index in [1.165, 1.54) is 0 Å². The van der Waals surface area contributed by atoms with Crippen LogP contribution in [0.4, 0.5) is 11.6 Å². The molecule has 0 atom stereocenters. The lowest BCUT2D eigenvalue weighted by Gasteiger charge is -2.22. The van der Waals surface area contributed by atoms with Crippen LogP contribution in [0.1, 0.15) is 24.4 Å². The largest absolute Gasteiger partial charge is 0.381 e. The lowest BCUT2D eigenvalue weighted by molar-refractivity contribution is 0.0695. The summed E-state index contributed by atoms with van der Waals surface area (Å²) in [5.41, 5.74) is 5.39. The van der Waals surface area contributed by atoms with Gasteiger partial charge < -0.3 is 10.1 Å². The van der Waals surface area contributed by atoms with Gasteiger partial charge in [0, 0.05) is 50.8 Å². The summed E-state index contributed by atoms with van der Waals surface area (Å²) in [5.74, 6) is 0.463. The molecule has 0 spiro atoms. The Kier molecular flexibility index (Phi) is 4.82. The summed E-state index contributed by atoms with van der Waals surface area (Å²) in [7, 11) is 3.66. The number of imidazole rings is 1. The molecule has 1 aromatic carbocycles. The fraction of sp³-hybridized carbons (Fsp3) is 0.364. The number of nitrogens with one attached hydrogen (secondary N) is 1. The van der Waals surface area contributed by atoms with Crippen molar-refractivity contribution in [1.29, 1.82) is 0 Å². The van der Waals surface area contributed by atoms with Crippen molar-refractivity contribution in [2.45, 2.75) is 25.8 Å². The predicted molar refractivity (Wildman–Crippen MR) is 119 cm³/mol. The van der Waals surface area contributed by atoms with Gasteiger partial charge >= 0.3 is 5.69 Å². The van der Waals surface area contributed by atoms with E-state index < -0.39 is 0 Å². The van der Waals surface area contributed by atoms with E-state index in [4.69, 9.17) is 9.72 Å². The average Bonchev–Trinajstić information content (AvgIpc) is 3.31. The number of nitrogens with zero attached hydrogens (tertiary/aromatic N) is 6. The predicted octanol–water partition coefficient (Wildman–Crippen LogP) is 2.93. The molecule has 0 aliphatic carbocycles. The van der Waals surface area contributed by atoms with Crippen LogP contribution in [-0.2, 0) is 18.8 Å². The standard InChI is InChI=1S/C22H25N7O2/c1-14-4-5-15(16-11-24-27(2)13-16)10-18(14)25-21-23-12-19-20(26-21)29(22(30)28(19)3)17-6-8-31-9-7-17/h4-5,10-13,17H,6-9H2,1-3H3,(H,23,25,26). The minimum Gasteiger partial charge on any atom is -0.381 e. The van der Waals surface area contributed by atoms with E-state index >= 15 is 0 Å². The van der Waals surface area contributed by atoms with Gasteiger partial charge in [0.15, 0.2) is 5.65 Å². The van der Waals surface area contributed by atoms with Crippen molar-refractivity contribution >= 4 is 22.8 Å². The van der Waals surface area contributed by atoms with Gasteiger partial charge in [-0.15, -0.1) is 0 Å². The van der Waals surface area contributed by atoms with Crippen LogP contribution < -0.4 is 11.0 Å². The topological polar surface area (TPSA) is 91.8 Å². The third-order valence-corrected chi connectivity index (χ3v) is 5.91. The van der Waals surface area contributed by atoms with Gasteiger partial charge in [0.05, 0.1) is 12.4 Å². The summed E-state index contributed by atoms with van der Waals surface area (Å²) in [6.07, 6.45) is 7.14. The third-order valence-electron chi connectivity index (χ3n) is 5.91. The summed E-state index contributed by atoms with van der Waals surface area (Å²) in [6, 6.07) is 6.28. The highest BCUT2D eigenvalue weighted by Gasteiger charge is 2.23. The first kappa shape index (κ1) is 19.5. The second kappa shape index (κ2) is 7.66. The van der Waals surface area contributed by atoms with Crippen LogP contribution in [-0.4, -0.2) is 42.1 Å². The van der Waals surface area contributed by atoms with Crippen molar-refractivity contribution in [1.82, 2.24) is 28.9 Å². The number of aromatic nitrogens is 6. The number of fused-ring (bicyclic) bond motifs is 1. The zero-order valence-electron chi connectivity index (χ0n) is 17.9. The summed E-state index contributed by atoms with van der Waals surface area (Å²) < 4.78 is 10.7. The molecular weight excluding hydrogens is 394 g/mol. The van der Waals surface area contributed by atoms with E-state index in [0.29, 0.717) is 24.8 Å².